The summed E-state index contributed by atoms with van der Waals surface area (Å²) in [6.07, 6.45) is 0.941. The lowest BCUT2D eigenvalue weighted by Crippen LogP contribution is -2.21. The van der Waals surface area contributed by atoms with Crippen molar-refractivity contribution in [2.75, 3.05) is 11.4 Å². The molecule has 4 heteroatoms. The lowest BCUT2D eigenvalue weighted by Gasteiger charge is -2.20. The number of carboxylic acids is 1. The van der Waals surface area contributed by atoms with Crippen LogP contribution < -0.4 is 4.90 Å². The molecule has 102 valence electrons. The number of hydrogen-bond acceptors (Lipinski definition) is 2. The van der Waals surface area contributed by atoms with Gasteiger partial charge in [-0.3, -0.25) is 0 Å². The number of hydrogen-bond donors (Lipinski definition) is 1. The molecule has 2 aromatic carbocycles. The minimum Gasteiger partial charge on any atom is -0.478 e. The Kier molecular flexibility index (Phi) is 3.14. The van der Waals surface area contributed by atoms with Crippen LogP contribution in [-0.2, 0) is 13.0 Å². The number of anilines is 1. The van der Waals surface area contributed by atoms with Crippen LogP contribution in [0.15, 0.2) is 42.5 Å². The summed E-state index contributed by atoms with van der Waals surface area (Å²) in [6.45, 7) is 1.22. The van der Waals surface area contributed by atoms with Crippen molar-refractivity contribution in [3.05, 3.63) is 65.0 Å². The van der Waals surface area contributed by atoms with Gasteiger partial charge in [0.05, 0.1) is 5.56 Å². The van der Waals surface area contributed by atoms with E-state index in [2.05, 4.69) is 11.0 Å². The fraction of sp³-hybridized carbons (Fsp3) is 0.188. The van der Waals surface area contributed by atoms with Crippen molar-refractivity contribution >= 4 is 11.7 Å². The topological polar surface area (TPSA) is 40.5 Å². The van der Waals surface area contributed by atoms with Gasteiger partial charge in [0, 0.05) is 24.3 Å². The van der Waals surface area contributed by atoms with E-state index in [1.165, 1.54) is 11.6 Å². The van der Waals surface area contributed by atoms with E-state index in [0.29, 0.717) is 12.1 Å². The molecule has 1 aliphatic heterocycles. The number of rotatable bonds is 3. The van der Waals surface area contributed by atoms with Crippen LogP contribution in [0.1, 0.15) is 21.5 Å². The van der Waals surface area contributed by atoms with Crippen molar-refractivity contribution in [3.63, 3.8) is 0 Å². The van der Waals surface area contributed by atoms with E-state index in [0.717, 1.165) is 18.7 Å². The van der Waals surface area contributed by atoms with E-state index in [1.54, 1.807) is 12.1 Å². The molecule has 1 heterocycles. The van der Waals surface area contributed by atoms with E-state index < -0.39 is 11.8 Å². The fourth-order valence-electron chi connectivity index (χ4n) is 2.64. The van der Waals surface area contributed by atoms with Crippen molar-refractivity contribution in [2.24, 2.45) is 0 Å². The van der Waals surface area contributed by atoms with E-state index in [9.17, 15) is 9.18 Å². The van der Waals surface area contributed by atoms with Crippen molar-refractivity contribution in [2.45, 2.75) is 13.0 Å². The maximum atomic E-state index is 14.1. The number of benzene rings is 2. The van der Waals surface area contributed by atoms with Crippen LogP contribution >= 0.6 is 0 Å². The molecule has 0 saturated carbocycles. The number of carbonyl (C=O) groups is 1. The third-order valence-corrected chi connectivity index (χ3v) is 3.65. The molecule has 0 fully saturated rings. The summed E-state index contributed by atoms with van der Waals surface area (Å²) in [5.41, 5.74) is 2.51. The summed E-state index contributed by atoms with van der Waals surface area (Å²) < 4.78 is 14.1. The Morgan fingerprint density at radius 2 is 2.00 bits per heavy atom. The molecule has 20 heavy (non-hydrogen) atoms. The summed E-state index contributed by atoms with van der Waals surface area (Å²) in [7, 11) is 0. The van der Waals surface area contributed by atoms with Gasteiger partial charge in [-0.05, 0) is 24.1 Å². The SMILES string of the molecule is O=C(O)c1cccc(CN2CCc3ccccc32)c1F. The molecule has 0 unspecified atom stereocenters. The summed E-state index contributed by atoms with van der Waals surface area (Å²) in [4.78, 5) is 13.0. The predicted molar refractivity (Wildman–Crippen MR) is 74.6 cm³/mol. The van der Waals surface area contributed by atoms with E-state index in [4.69, 9.17) is 5.11 Å². The first-order valence-corrected chi connectivity index (χ1v) is 6.50. The Balaban J connectivity index is 1.90. The molecule has 2 aromatic rings. The van der Waals surface area contributed by atoms with Gasteiger partial charge in [0.25, 0.3) is 0 Å². The second kappa shape index (κ2) is 4.96. The first-order chi connectivity index (χ1) is 9.66. The highest BCUT2D eigenvalue weighted by atomic mass is 19.1. The van der Waals surface area contributed by atoms with Crippen LogP contribution in [0.5, 0.6) is 0 Å². The number of para-hydroxylation sites is 1. The molecule has 0 bridgehead atoms. The predicted octanol–water partition coefficient (Wildman–Crippen LogP) is 3.09. The van der Waals surface area contributed by atoms with Crippen molar-refractivity contribution in [3.8, 4) is 0 Å². The van der Waals surface area contributed by atoms with E-state index in [1.807, 2.05) is 18.2 Å². The van der Waals surface area contributed by atoms with Gasteiger partial charge in [-0.25, -0.2) is 9.18 Å². The normalized spacial score (nSPS) is 13.3. The standard InChI is InChI=1S/C16H14FNO2/c17-15-12(5-3-6-13(15)16(19)20)10-18-9-8-11-4-1-2-7-14(11)18/h1-7H,8-10H2,(H,19,20). The highest BCUT2D eigenvalue weighted by molar-refractivity contribution is 5.88. The second-order valence-corrected chi connectivity index (χ2v) is 4.88. The van der Waals surface area contributed by atoms with Crippen LogP contribution in [0.2, 0.25) is 0 Å². The third kappa shape index (κ3) is 2.13. The molecule has 1 N–H and O–H groups in total. The Hall–Kier alpha value is -2.36. The van der Waals surface area contributed by atoms with Crippen molar-refractivity contribution in [1.82, 2.24) is 0 Å². The van der Waals surface area contributed by atoms with E-state index >= 15 is 0 Å². The van der Waals surface area contributed by atoms with Gasteiger partial charge in [0.2, 0.25) is 0 Å². The average Bonchev–Trinajstić information content (AvgIpc) is 2.84. The number of halogens is 1. The molecule has 0 atom stereocenters. The zero-order valence-electron chi connectivity index (χ0n) is 10.8. The molecule has 0 spiro atoms. The van der Waals surface area contributed by atoms with Gasteiger partial charge in [-0.2, -0.15) is 0 Å². The smallest absolute Gasteiger partial charge is 0.338 e. The fourth-order valence-corrected chi connectivity index (χ4v) is 2.64. The van der Waals surface area contributed by atoms with Gasteiger partial charge in [0.1, 0.15) is 5.82 Å². The zero-order chi connectivity index (χ0) is 14.1. The Labute approximate surface area is 116 Å². The lowest BCUT2D eigenvalue weighted by molar-refractivity contribution is 0.0691. The molecule has 0 aromatic heterocycles. The highest BCUT2D eigenvalue weighted by Gasteiger charge is 2.21. The summed E-state index contributed by atoms with van der Waals surface area (Å²) in [6, 6.07) is 12.6. The minimum absolute atomic E-state index is 0.269. The quantitative estimate of drug-likeness (QED) is 0.932. The van der Waals surface area contributed by atoms with Gasteiger partial charge in [0.15, 0.2) is 0 Å². The minimum atomic E-state index is -1.23. The first kappa shape index (κ1) is 12.7. The van der Waals surface area contributed by atoms with Crippen molar-refractivity contribution < 1.29 is 14.3 Å². The number of fused-ring (bicyclic) bond motifs is 1. The summed E-state index contributed by atoms with van der Waals surface area (Å²) in [5, 5.41) is 8.96. The third-order valence-electron chi connectivity index (χ3n) is 3.65. The van der Waals surface area contributed by atoms with Crippen LogP contribution in [0.4, 0.5) is 10.1 Å². The molecular weight excluding hydrogens is 257 g/mol. The van der Waals surface area contributed by atoms with Gasteiger partial charge in [-0.15, -0.1) is 0 Å². The Morgan fingerprint density at radius 1 is 1.20 bits per heavy atom. The van der Waals surface area contributed by atoms with E-state index in [-0.39, 0.29) is 5.56 Å². The van der Waals surface area contributed by atoms with Crippen LogP contribution in [-0.4, -0.2) is 17.6 Å². The molecular formula is C16H14FNO2. The number of aromatic carboxylic acids is 1. The number of nitrogens with zero attached hydrogens (tertiary/aromatic N) is 1. The summed E-state index contributed by atoms with van der Waals surface area (Å²) >= 11 is 0. The van der Waals surface area contributed by atoms with Crippen LogP contribution in [0, 0.1) is 5.82 Å². The van der Waals surface area contributed by atoms with Crippen molar-refractivity contribution in [1.29, 1.82) is 0 Å². The van der Waals surface area contributed by atoms with Gasteiger partial charge < -0.3 is 10.0 Å². The largest absolute Gasteiger partial charge is 0.478 e. The molecule has 0 saturated heterocycles. The molecule has 0 aliphatic carbocycles. The molecule has 0 radical (unpaired) electrons. The molecule has 3 nitrogen and oxygen atoms in total. The maximum Gasteiger partial charge on any atom is 0.338 e. The average molecular weight is 271 g/mol. The molecule has 0 amide bonds. The lowest BCUT2D eigenvalue weighted by atomic mass is 10.1. The monoisotopic (exact) mass is 271 g/mol. The second-order valence-electron chi connectivity index (χ2n) is 4.88. The highest BCUT2D eigenvalue weighted by Crippen LogP contribution is 2.29. The first-order valence-electron chi connectivity index (χ1n) is 6.50. The van der Waals surface area contributed by atoms with Crippen LogP contribution in [0.3, 0.4) is 0 Å². The Morgan fingerprint density at radius 3 is 2.80 bits per heavy atom. The van der Waals surface area contributed by atoms with Gasteiger partial charge >= 0.3 is 5.97 Å². The van der Waals surface area contributed by atoms with Crippen LogP contribution in [0.25, 0.3) is 0 Å². The maximum absolute atomic E-state index is 14.1. The zero-order valence-corrected chi connectivity index (χ0v) is 10.8. The molecule has 1 aliphatic rings. The Bertz CT molecular complexity index is 669. The van der Waals surface area contributed by atoms with Gasteiger partial charge in [-0.1, -0.05) is 30.3 Å². The molecule has 3 rings (SSSR count). The number of carboxylic acid groups (broad SMARTS) is 1. The summed E-state index contributed by atoms with van der Waals surface area (Å²) in [5.74, 6) is -1.87.